The van der Waals surface area contributed by atoms with Crippen molar-refractivity contribution in [3.8, 4) is 10.4 Å². The van der Waals surface area contributed by atoms with E-state index in [1.165, 1.54) is 16.2 Å². The molecule has 0 unspecified atom stereocenters. The van der Waals surface area contributed by atoms with E-state index in [2.05, 4.69) is 20.5 Å². The lowest BCUT2D eigenvalue weighted by molar-refractivity contribution is -0.117. The second-order valence-corrected chi connectivity index (χ2v) is 9.18. The van der Waals surface area contributed by atoms with E-state index in [0.717, 1.165) is 21.7 Å². The van der Waals surface area contributed by atoms with Crippen LogP contribution < -0.4 is 16.0 Å². The second kappa shape index (κ2) is 10.1. The van der Waals surface area contributed by atoms with Crippen LogP contribution in [0.15, 0.2) is 67.1 Å². The molecular weight excluding hydrogens is 476 g/mol. The van der Waals surface area contributed by atoms with Crippen molar-refractivity contribution < 1.29 is 9.59 Å². The monoisotopic (exact) mass is 500 g/mol. The van der Waals surface area contributed by atoms with E-state index in [0.29, 0.717) is 35.0 Å². The number of nitrogens with one attached hydrogen (secondary N) is 2. The molecule has 182 valence electrons. The van der Waals surface area contributed by atoms with Gasteiger partial charge in [-0.05, 0) is 42.5 Å². The molecule has 5 rings (SSSR count). The first-order valence-corrected chi connectivity index (χ1v) is 12.1. The Kier molecular flexibility index (Phi) is 6.56. The average Bonchev–Trinajstić information content (AvgIpc) is 3.67. The average molecular weight is 501 g/mol. The zero-order chi connectivity index (χ0) is 25.1. The van der Waals surface area contributed by atoms with Crippen molar-refractivity contribution in [3.63, 3.8) is 0 Å². The van der Waals surface area contributed by atoms with Gasteiger partial charge in [-0.2, -0.15) is 5.10 Å². The van der Waals surface area contributed by atoms with Gasteiger partial charge in [0.25, 0.3) is 5.91 Å². The molecule has 4 N–H and O–H groups in total. The van der Waals surface area contributed by atoms with Gasteiger partial charge in [-0.3, -0.25) is 25.0 Å². The number of likely N-dealkylation sites (N-methyl/N-ethyl adjacent to an activating group) is 1. The number of rotatable bonds is 8. The molecule has 4 heterocycles. The van der Waals surface area contributed by atoms with Gasteiger partial charge in [0.15, 0.2) is 0 Å². The smallest absolute Gasteiger partial charge is 0.268 e. The maximum Gasteiger partial charge on any atom is 0.268 e. The van der Waals surface area contributed by atoms with E-state index in [-0.39, 0.29) is 18.4 Å². The van der Waals surface area contributed by atoms with E-state index in [4.69, 9.17) is 10.7 Å². The summed E-state index contributed by atoms with van der Waals surface area (Å²) in [5, 5.41) is 9.73. The molecule has 0 bridgehead atoms. The fourth-order valence-corrected chi connectivity index (χ4v) is 4.75. The Balaban J connectivity index is 1.46. The van der Waals surface area contributed by atoms with Gasteiger partial charge < -0.3 is 15.2 Å². The number of nitrogens with zero attached hydrogens (tertiary/aromatic N) is 5. The Bertz CT molecular complexity index is 1510. The molecule has 0 aliphatic heterocycles. The first-order chi connectivity index (χ1) is 17.5. The first kappa shape index (κ1) is 23.4. The van der Waals surface area contributed by atoms with E-state index >= 15 is 0 Å². The van der Waals surface area contributed by atoms with Crippen LogP contribution in [0.1, 0.15) is 15.4 Å². The lowest BCUT2D eigenvalue weighted by Crippen LogP contribution is -2.32. The highest BCUT2D eigenvalue weighted by Crippen LogP contribution is 2.29. The van der Waals surface area contributed by atoms with Crippen molar-refractivity contribution in [1.29, 1.82) is 0 Å². The van der Waals surface area contributed by atoms with Gasteiger partial charge in [-0.15, -0.1) is 11.3 Å². The van der Waals surface area contributed by atoms with Gasteiger partial charge in [0, 0.05) is 54.2 Å². The third kappa shape index (κ3) is 4.74. The Labute approximate surface area is 210 Å². The largest absolute Gasteiger partial charge is 0.322 e. The maximum absolute atomic E-state index is 13.1. The normalized spacial score (nSPS) is 11.1. The van der Waals surface area contributed by atoms with E-state index in [1.54, 1.807) is 31.7 Å². The number of aromatic nitrogens is 5. The second-order valence-electron chi connectivity index (χ2n) is 8.09. The van der Waals surface area contributed by atoms with E-state index in [1.807, 2.05) is 47.0 Å². The number of nitrogens with two attached hydrogens (primary N) is 1. The molecule has 11 heteroatoms. The highest BCUT2D eigenvalue weighted by molar-refractivity contribution is 7.17. The topological polar surface area (TPSA) is 135 Å². The lowest BCUT2D eigenvalue weighted by Gasteiger charge is -2.16. The van der Waals surface area contributed by atoms with Crippen LogP contribution >= 0.6 is 11.3 Å². The Morgan fingerprint density at radius 2 is 2.08 bits per heavy atom. The summed E-state index contributed by atoms with van der Waals surface area (Å²) in [7, 11) is 1.67. The van der Waals surface area contributed by atoms with Crippen LogP contribution in [0, 0.1) is 0 Å². The summed E-state index contributed by atoms with van der Waals surface area (Å²) >= 11 is 1.38. The number of carbonyl (C=O) groups excluding carboxylic acids is 2. The number of fused-ring (bicyclic) bond motifs is 1. The molecule has 0 atom stereocenters. The molecule has 0 radical (unpaired) electrons. The molecular formula is C25H24N8O2S. The molecule has 0 saturated carbocycles. The molecule has 0 aliphatic carbocycles. The highest BCUT2D eigenvalue weighted by atomic mass is 32.1. The fourth-order valence-electron chi connectivity index (χ4n) is 3.87. The van der Waals surface area contributed by atoms with Crippen molar-refractivity contribution in [2.24, 2.45) is 5.73 Å². The minimum absolute atomic E-state index is 0.0873. The van der Waals surface area contributed by atoms with Crippen LogP contribution in [0.25, 0.3) is 21.5 Å². The number of pyridine rings is 1. The summed E-state index contributed by atoms with van der Waals surface area (Å²) in [6.07, 6.45) is 5.92. The zero-order valence-corrected chi connectivity index (χ0v) is 20.3. The van der Waals surface area contributed by atoms with Gasteiger partial charge in [0.2, 0.25) is 11.9 Å². The molecule has 0 spiro atoms. The van der Waals surface area contributed by atoms with Crippen LogP contribution in [-0.2, 0) is 17.8 Å². The van der Waals surface area contributed by atoms with Crippen LogP contribution in [0.2, 0.25) is 0 Å². The van der Waals surface area contributed by atoms with Crippen molar-refractivity contribution in [3.05, 3.63) is 77.7 Å². The molecule has 1 aromatic carbocycles. The Morgan fingerprint density at radius 1 is 1.19 bits per heavy atom. The molecule has 36 heavy (non-hydrogen) atoms. The molecule has 0 fully saturated rings. The molecule has 5 aromatic rings. The van der Waals surface area contributed by atoms with Gasteiger partial charge in [-0.1, -0.05) is 6.07 Å². The summed E-state index contributed by atoms with van der Waals surface area (Å²) < 4.78 is 1.96. The van der Waals surface area contributed by atoms with Gasteiger partial charge in [0.1, 0.15) is 0 Å². The molecule has 2 amide bonds. The highest BCUT2D eigenvalue weighted by Gasteiger charge is 2.18. The number of carbonyl (C=O) groups is 2. The molecule has 0 saturated heterocycles. The quantitative estimate of drug-likeness (QED) is 0.299. The van der Waals surface area contributed by atoms with Gasteiger partial charge in [-0.25, -0.2) is 4.98 Å². The van der Waals surface area contributed by atoms with Crippen molar-refractivity contribution in [2.75, 3.05) is 23.8 Å². The zero-order valence-electron chi connectivity index (χ0n) is 19.5. The van der Waals surface area contributed by atoms with Crippen LogP contribution in [-0.4, -0.2) is 50.1 Å². The number of thiophene rings is 1. The lowest BCUT2D eigenvalue weighted by atomic mass is 10.2. The summed E-state index contributed by atoms with van der Waals surface area (Å²) in [6.45, 7) is 0.473. The minimum atomic E-state index is -0.250. The Morgan fingerprint density at radius 3 is 2.83 bits per heavy atom. The van der Waals surface area contributed by atoms with Gasteiger partial charge >= 0.3 is 0 Å². The maximum atomic E-state index is 13.1. The predicted octanol–water partition coefficient (Wildman–Crippen LogP) is 3.30. The predicted molar refractivity (Wildman–Crippen MR) is 140 cm³/mol. The number of hydrogen-bond donors (Lipinski definition) is 3. The summed E-state index contributed by atoms with van der Waals surface area (Å²) in [6, 6.07) is 15.0. The molecule has 4 aromatic heterocycles. The standard InChI is InChI=1S/C25H24N8O2S/c1-32(23(34)13-26)18-5-6-20-19(12-18)30-25(33(20)11-9-17-4-2-3-10-27-17)31-24(35)22-8-7-21(36-22)16-14-28-29-15-16/h2-8,10,12,14-15H,9,11,13,26H2,1H3,(H,28,29)(H,30,31,35). The Hall–Kier alpha value is -4.35. The van der Waals surface area contributed by atoms with E-state index < -0.39 is 0 Å². The number of benzene rings is 1. The number of aryl methyl sites for hydroxylation is 2. The first-order valence-electron chi connectivity index (χ1n) is 11.3. The third-order valence-corrected chi connectivity index (χ3v) is 6.96. The summed E-state index contributed by atoms with van der Waals surface area (Å²) in [4.78, 5) is 37.3. The number of H-pyrrole nitrogens is 1. The van der Waals surface area contributed by atoms with Gasteiger partial charge in [0.05, 0.1) is 28.7 Å². The SMILES string of the molecule is CN(C(=O)CN)c1ccc2c(c1)nc(NC(=O)c1ccc(-c3cn[nH]c3)s1)n2CCc1ccccn1. The van der Waals surface area contributed by atoms with E-state index in [9.17, 15) is 9.59 Å². The molecule has 10 nitrogen and oxygen atoms in total. The van der Waals surface area contributed by atoms with Crippen molar-refractivity contribution in [2.45, 2.75) is 13.0 Å². The number of anilines is 2. The number of hydrogen-bond acceptors (Lipinski definition) is 7. The van der Waals surface area contributed by atoms with Crippen LogP contribution in [0.5, 0.6) is 0 Å². The number of aromatic amines is 1. The van der Waals surface area contributed by atoms with Crippen molar-refractivity contribution in [1.82, 2.24) is 24.7 Å². The number of amides is 2. The number of imidazole rings is 1. The van der Waals surface area contributed by atoms with Crippen LogP contribution in [0.4, 0.5) is 11.6 Å². The van der Waals surface area contributed by atoms with Crippen LogP contribution in [0.3, 0.4) is 0 Å². The summed E-state index contributed by atoms with van der Waals surface area (Å²) in [5.74, 6) is -0.0301. The molecule has 0 aliphatic rings. The summed E-state index contributed by atoms with van der Waals surface area (Å²) in [5.41, 5.74) is 9.55. The fraction of sp³-hybridized carbons (Fsp3) is 0.160. The van der Waals surface area contributed by atoms with Crippen molar-refractivity contribution >= 4 is 45.8 Å². The minimum Gasteiger partial charge on any atom is -0.322 e. The third-order valence-electron chi connectivity index (χ3n) is 5.82.